The molecule has 0 spiro atoms. The molecule has 0 fully saturated rings. The Morgan fingerprint density at radius 3 is 2.97 bits per heavy atom. The van der Waals surface area contributed by atoms with E-state index < -0.39 is 0 Å². The zero-order chi connectivity index (χ0) is 21.1. The van der Waals surface area contributed by atoms with Gasteiger partial charge in [-0.3, -0.25) is 0 Å². The number of aromatic nitrogens is 2. The molecule has 2 aromatic heterocycles. The number of rotatable bonds is 7. The maximum absolute atomic E-state index is 10.2. The molecule has 4 N–H and O–H groups in total. The molecule has 1 aromatic carbocycles. The van der Waals surface area contributed by atoms with Gasteiger partial charge in [0.05, 0.1) is 19.2 Å². The second kappa shape index (κ2) is 8.69. The van der Waals surface area contributed by atoms with Crippen molar-refractivity contribution in [1.29, 1.82) is 0 Å². The predicted octanol–water partition coefficient (Wildman–Crippen LogP) is 4.72. The highest BCUT2D eigenvalue weighted by atomic mass is 32.1. The summed E-state index contributed by atoms with van der Waals surface area (Å²) in [7, 11) is 1.51. The normalized spacial score (nSPS) is 13.7. The second-order valence-electron chi connectivity index (χ2n) is 6.98. The third kappa shape index (κ3) is 3.94. The Labute approximate surface area is 179 Å². The molecule has 154 valence electrons. The summed E-state index contributed by atoms with van der Waals surface area (Å²) in [5.41, 5.74) is 10.4. The summed E-state index contributed by atoms with van der Waals surface area (Å²) in [4.78, 5) is 10.2. The van der Waals surface area contributed by atoms with Crippen molar-refractivity contribution in [2.75, 3.05) is 19.0 Å². The first-order valence-electron chi connectivity index (χ1n) is 9.74. The van der Waals surface area contributed by atoms with E-state index in [1.54, 1.807) is 29.5 Å². The van der Waals surface area contributed by atoms with Gasteiger partial charge in [0.25, 0.3) is 0 Å². The molecule has 0 bridgehead atoms. The molecule has 2 heterocycles. The fourth-order valence-electron chi connectivity index (χ4n) is 3.59. The van der Waals surface area contributed by atoms with Crippen molar-refractivity contribution in [2.45, 2.75) is 19.4 Å². The Bertz CT molecular complexity index is 1160. The molecule has 0 saturated heterocycles. The average molecular weight is 421 g/mol. The third-order valence-corrected chi connectivity index (χ3v) is 6.05. The predicted molar refractivity (Wildman–Crippen MR) is 124 cm³/mol. The van der Waals surface area contributed by atoms with Crippen molar-refractivity contribution in [1.82, 2.24) is 9.97 Å². The van der Waals surface area contributed by atoms with Crippen LogP contribution in [0.1, 0.15) is 29.1 Å². The Balaban J connectivity index is 1.62. The van der Waals surface area contributed by atoms with Crippen molar-refractivity contribution in [3.63, 3.8) is 0 Å². The molecule has 0 aliphatic heterocycles. The maximum atomic E-state index is 10.2. The van der Waals surface area contributed by atoms with Gasteiger partial charge in [0, 0.05) is 22.9 Å². The number of hydrogen-bond donors (Lipinski definition) is 3. The number of aromatic hydroxyl groups is 1. The van der Waals surface area contributed by atoms with Crippen LogP contribution >= 0.6 is 11.3 Å². The molecule has 30 heavy (non-hydrogen) atoms. The van der Waals surface area contributed by atoms with E-state index in [1.165, 1.54) is 28.7 Å². The Morgan fingerprint density at radius 1 is 1.33 bits per heavy atom. The first-order chi connectivity index (χ1) is 14.6. The van der Waals surface area contributed by atoms with E-state index in [0.717, 1.165) is 18.2 Å². The van der Waals surface area contributed by atoms with E-state index in [2.05, 4.69) is 45.5 Å². The number of hydrogen-bond acceptors (Lipinski definition) is 7. The molecule has 0 unspecified atom stereocenters. The molecule has 0 amide bonds. The second-order valence-corrected chi connectivity index (χ2v) is 7.98. The lowest BCUT2D eigenvalue weighted by Gasteiger charge is -2.13. The van der Waals surface area contributed by atoms with Gasteiger partial charge < -0.3 is 20.9 Å². The smallest absolute Gasteiger partial charge is 0.162 e. The van der Waals surface area contributed by atoms with Gasteiger partial charge in [-0.15, -0.1) is 11.3 Å². The number of anilines is 1. The van der Waals surface area contributed by atoms with Crippen molar-refractivity contribution in [3.8, 4) is 11.5 Å². The minimum absolute atomic E-state index is 0.0491. The molecule has 1 aliphatic carbocycles. The average Bonchev–Trinajstić information content (AvgIpc) is 3.25. The summed E-state index contributed by atoms with van der Waals surface area (Å²) in [5.74, 6) is 1.57. The number of nitrogens with one attached hydrogen (secondary N) is 1. The highest BCUT2D eigenvalue weighted by molar-refractivity contribution is 7.10. The zero-order valence-electron chi connectivity index (χ0n) is 16.8. The van der Waals surface area contributed by atoms with Crippen molar-refractivity contribution in [2.24, 2.45) is 5.73 Å². The molecule has 4 rings (SSSR count). The summed E-state index contributed by atoms with van der Waals surface area (Å²) in [6.45, 7) is 4.94. The van der Waals surface area contributed by atoms with Crippen molar-refractivity contribution < 1.29 is 9.84 Å². The molecule has 3 aromatic rings. The third-order valence-electron chi connectivity index (χ3n) is 5.12. The molecule has 7 heteroatoms. The topological polar surface area (TPSA) is 93.3 Å². The van der Waals surface area contributed by atoms with Gasteiger partial charge in [0.1, 0.15) is 5.82 Å². The number of methoxy groups -OCH3 is 1. The summed E-state index contributed by atoms with van der Waals surface area (Å²) in [6, 6.07) is 5.53. The number of nitrogens with two attached hydrogens (primary N) is 1. The molecule has 0 saturated carbocycles. The quantitative estimate of drug-likeness (QED) is 0.512. The fourth-order valence-corrected chi connectivity index (χ4v) is 4.43. The van der Waals surface area contributed by atoms with Crippen LogP contribution in [0.2, 0.25) is 0 Å². The first-order valence-corrected chi connectivity index (χ1v) is 10.6. The van der Waals surface area contributed by atoms with Crippen LogP contribution in [0.5, 0.6) is 11.5 Å². The SMILES string of the molecule is C=Cc1nc(NCc2cc(C3=C(CN)C=CCC3)cs2)c2cc(O)c(OC)cc2n1. The van der Waals surface area contributed by atoms with Gasteiger partial charge in [-0.25, -0.2) is 9.97 Å². The summed E-state index contributed by atoms with van der Waals surface area (Å²) in [6.07, 6.45) is 7.99. The maximum Gasteiger partial charge on any atom is 0.162 e. The molecular formula is C23H24N4O2S. The van der Waals surface area contributed by atoms with Crippen LogP contribution < -0.4 is 15.8 Å². The number of thiophene rings is 1. The Morgan fingerprint density at radius 2 is 2.20 bits per heavy atom. The monoisotopic (exact) mass is 420 g/mol. The minimum Gasteiger partial charge on any atom is -0.504 e. The van der Waals surface area contributed by atoms with Gasteiger partial charge in [-0.2, -0.15) is 0 Å². The highest BCUT2D eigenvalue weighted by Crippen LogP contribution is 2.34. The Kier molecular flexibility index (Phi) is 5.83. The number of ether oxygens (including phenoxy) is 1. The number of phenols is 1. The number of nitrogens with zero attached hydrogens (tertiary/aromatic N) is 2. The standard InChI is InChI=1S/C23H24N4O2S/c1-3-22-26-19-10-21(29-2)20(28)9-18(19)23(27-22)25-12-16-8-15(13-30-16)17-7-5-4-6-14(17)11-24/h3-4,6,8-10,13,28H,1,5,7,11-12,24H2,2H3,(H,25,26,27). The molecule has 1 aliphatic rings. The van der Waals surface area contributed by atoms with Crippen molar-refractivity contribution >= 4 is 39.7 Å². The van der Waals surface area contributed by atoms with Crippen LogP contribution in [0.15, 0.2) is 47.9 Å². The van der Waals surface area contributed by atoms with Crippen LogP contribution in [0.25, 0.3) is 22.6 Å². The van der Waals surface area contributed by atoms with Gasteiger partial charge in [-0.1, -0.05) is 18.7 Å². The van der Waals surface area contributed by atoms with Crippen LogP contribution in [-0.2, 0) is 6.54 Å². The van der Waals surface area contributed by atoms with Crippen LogP contribution in [0.3, 0.4) is 0 Å². The number of fused-ring (bicyclic) bond motifs is 1. The highest BCUT2D eigenvalue weighted by Gasteiger charge is 2.14. The Hall–Kier alpha value is -3.16. The lowest BCUT2D eigenvalue weighted by Crippen LogP contribution is -2.06. The van der Waals surface area contributed by atoms with Gasteiger partial charge in [0.2, 0.25) is 0 Å². The number of allylic oxidation sites excluding steroid dienone is 2. The lowest BCUT2D eigenvalue weighted by atomic mass is 9.93. The molecule has 6 nitrogen and oxygen atoms in total. The van der Waals surface area contributed by atoms with E-state index in [1.807, 2.05) is 0 Å². The van der Waals surface area contributed by atoms with Crippen LogP contribution in [0, 0.1) is 0 Å². The number of benzene rings is 1. The van der Waals surface area contributed by atoms with Gasteiger partial charge >= 0.3 is 0 Å². The summed E-state index contributed by atoms with van der Waals surface area (Å²) < 4.78 is 5.20. The van der Waals surface area contributed by atoms with E-state index >= 15 is 0 Å². The molecular weight excluding hydrogens is 396 g/mol. The van der Waals surface area contributed by atoms with Crippen LogP contribution in [-0.4, -0.2) is 28.7 Å². The minimum atomic E-state index is 0.0491. The molecule has 0 atom stereocenters. The van der Waals surface area contributed by atoms with Gasteiger partial charge in [0.15, 0.2) is 17.3 Å². The van der Waals surface area contributed by atoms with E-state index in [4.69, 9.17) is 10.5 Å². The fraction of sp³-hybridized carbons (Fsp3) is 0.217. The molecule has 0 radical (unpaired) electrons. The first kappa shape index (κ1) is 20.1. The van der Waals surface area contributed by atoms with E-state index in [0.29, 0.717) is 36.0 Å². The largest absolute Gasteiger partial charge is 0.504 e. The van der Waals surface area contributed by atoms with Crippen molar-refractivity contribution in [3.05, 3.63) is 64.1 Å². The van der Waals surface area contributed by atoms with Gasteiger partial charge in [-0.05, 0) is 53.1 Å². The zero-order valence-corrected chi connectivity index (χ0v) is 17.6. The summed E-state index contributed by atoms with van der Waals surface area (Å²) >= 11 is 1.71. The number of phenolic OH excluding ortho intramolecular Hbond substituents is 1. The van der Waals surface area contributed by atoms with E-state index in [9.17, 15) is 5.11 Å². The lowest BCUT2D eigenvalue weighted by molar-refractivity contribution is 0.374. The summed E-state index contributed by atoms with van der Waals surface area (Å²) in [5, 5.41) is 16.5. The van der Waals surface area contributed by atoms with Crippen LogP contribution in [0.4, 0.5) is 5.82 Å². The van der Waals surface area contributed by atoms with E-state index in [-0.39, 0.29) is 5.75 Å².